The number of likely N-dealkylation sites (N-methyl/N-ethyl adjacent to an activating group) is 1. The number of methoxy groups -OCH3 is 1. The average Bonchev–Trinajstić information content (AvgIpc) is 3.13. The summed E-state index contributed by atoms with van der Waals surface area (Å²) >= 11 is 0. The number of rotatable bonds is 6. The standard InChI is InChI=1S/C19H20N4O3/c1-22(11-12-24)19(25)17-20-18(14-7-6-10-16(13-14)26-2)23(21-17)15-8-4-3-5-9-15/h3-10,13,24H,11-12H2,1-2H3. The predicted octanol–water partition coefficient (Wildman–Crippen LogP) is 2.01. The van der Waals surface area contributed by atoms with Gasteiger partial charge in [-0.25, -0.2) is 9.67 Å². The highest BCUT2D eigenvalue weighted by Gasteiger charge is 2.21. The van der Waals surface area contributed by atoms with Gasteiger partial charge in [0.25, 0.3) is 5.91 Å². The quantitative estimate of drug-likeness (QED) is 0.734. The fourth-order valence-electron chi connectivity index (χ4n) is 2.52. The Kier molecular flexibility index (Phi) is 5.28. The number of benzene rings is 2. The minimum atomic E-state index is -0.349. The Labute approximate surface area is 151 Å². The van der Waals surface area contributed by atoms with Crippen LogP contribution in [0.3, 0.4) is 0 Å². The van der Waals surface area contributed by atoms with E-state index in [2.05, 4.69) is 10.1 Å². The molecule has 0 aliphatic heterocycles. The average molecular weight is 352 g/mol. The third-order valence-electron chi connectivity index (χ3n) is 3.91. The molecule has 7 heteroatoms. The Morgan fingerprint density at radius 1 is 1.19 bits per heavy atom. The van der Waals surface area contributed by atoms with Crippen molar-refractivity contribution in [3.8, 4) is 22.8 Å². The van der Waals surface area contributed by atoms with Gasteiger partial charge in [0.15, 0.2) is 5.82 Å². The molecule has 1 N–H and O–H groups in total. The molecule has 0 unspecified atom stereocenters. The van der Waals surface area contributed by atoms with Crippen LogP contribution in [0.5, 0.6) is 5.75 Å². The number of para-hydroxylation sites is 1. The van der Waals surface area contributed by atoms with Gasteiger partial charge in [-0.3, -0.25) is 4.79 Å². The lowest BCUT2D eigenvalue weighted by Crippen LogP contribution is -2.30. The molecule has 0 spiro atoms. The van der Waals surface area contributed by atoms with Crippen LogP contribution in [0.25, 0.3) is 17.1 Å². The van der Waals surface area contributed by atoms with E-state index in [0.29, 0.717) is 11.6 Å². The molecule has 0 aliphatic rings. The van der Waals surface area contributed by atoms with Gasteiger partial charge in [-0.2, -0.15) is 0 Å². The molecule has 0 saturated carbocycles. The summed E-state index contributed by atoms with van der Waals surface area (Å²) in [6.45, 7) is 0.0948. The van der Waals surface area contributed by atoms with E-state index in [1.165, 1.54) is 4.90 Å². The van der Waals surface area contributed by atoms with Crippen molar-refractivity contribution in [1.82, 2.24) is 19.7 Å². The van der Waals surface area contributed by atoms with Crippen molar-refractivity contribution in [1.29, 1.82) is 0 Å². The van der Waals surface area contributed by atoms with E-state index in [4.69, 9.17) is 9.84 Å². The molecule has 3 rings (SSSR count). The molecule has 1 heterocycles. The molecular formula is C19H20N4O3. The first-order valence-electron chi connectivity index (χ1n) is 8.17. The third kappa shape index (κ3) is 3.57. The van der Waals surface area contributed by atoms with Gasteiger partial charge in [0.05, 0.1) is 19.4 Å². The second kappa shape index (κ2) is 7.79. The molecule has 0 aliphatic carbocycles. The lowest BCUT2D eigenvalue weighted by molar-refractivity contribution is 0.0755. The Morgan fingerprint density at radius 2 is 1.96 bits per heavy atom. The van der Waals surface area contributed by atoms with Crippen LogP contribution in [0.4, 0.5) is 0 Å². The monoisotopic (exact) mass is 352 g/mol. The molecule has 2 aromatic carbocycles. The van der Waals surface area contributed by atoms with Crippen LogP contribution in [0.1, 0.15) is 10.6 Å². The summed E-state index contributed by atoms with van der Waals surface area (Å²) in [6, 6.07) is 16.9. The number of ether oxygens (including phenoxy) is 1. The number of aromatic nitrogens is 3. The third-order valence-corrected chi connectivity index (χ3v) is 3.91. The highest BCUT2D eigenvalue weighted by molar-refractivity contribution is 5.90. The number of aliphatic hydroxyl groups excluding tert-OH is 1. The van der Waals surface area contributed by atoms with Crippen LogP contribution < -0.4 is 4.74 Å². The Bertz CT molecular complexity index is 893. The van der Waals surface area contributed by atoms with Crippen molar-refractivity contribution in [2.45, 2.75) is 0 Å². The first kappa shape index (κ1) is 17.6. The summed E-state index contributed by atoms with van der Waals surface area (Å²) in [5.74, 6) is 0.951. The summed E-state index contributed by atoms with van der Waals surface area (Å²) in [4.78, 5) is 18.4. The maximum absolute atomic E-state index is 12.5. The molecule has 3 aromatic rings. The summed E-state index contributed by atoms with van der Waals surface area (Å²) in [5.41, 5.74) is 1.58. The lowest BCUT2D eigenvalue weighted by Gasteiger charge is -2.12. The normalized spacial score (nSPS) is 10.6. The van der Waals surface area contributed by atoms with Gasteiger partial charge in [0.1, 0.15) is 5.75 Å². The zero-order chi connectivity index (χ0) is 18.5. The van der Waals surface area contributed by atoms with Crippen molar-refractivity contribution in [3.63, 3.8) is 0 Å². The van der Waals surface area contributed by atoms with Crippen LogP contribution in [0.2, 0.25) is 0 Å². The molecule has 134 valence electrons. The predicted molar refractivity (Wildman–Crippen MR) is 97.4 cm³/mol. The highest BCUT2D eigenvalue weighted by Crippen LogP contribution is 2.25. The largest absolute Gasteiger partial charge is 0.497 e. The van der Waals surface area contributed by atoms with Gasteiger partial charge in [-0.1, -0.05) is 30.3 Å². The summed E-state index contributed by atoms with van der Waals surface area (Å²) in [6.07, 6.45) is 0. The summed E-state index contributed by atoms with van der Waals surface area (Å²) < 4.78 is 6.92. The van der Waals surface area contributed by atoms with E-state index in [9.17, 15) is 4.79 Å². The number of amides is 1. The van der Waals surface area contributed by atoms with Gasteiger partial charge < -0.3 is 14.7 Å². The van der Waals surface area contributed by atoms with Crippen molar-refractivity contribution in [2.24, 2.45) is 0 Å². The van der Waals surface area contributed by atoms with Crippen molar-refractivity contribution in [2.75, 3.05) is 27.3 Å². The van der Waals surface area contributed by atoms with Gasteiger partial charge in [-0.05, 0) is 24.3 Å². The number of hydrogen-bond acceptors (Lipinski definition) is 5. The molecule has 1 amide bonds. The SMILES string of the molecule is COc1cccc(-c2nc(C(=O)N(C)CCO)nn2-c2ccccc2)c1. The topological polar surface area (TPSA) is 80.5 Å². The maximum atomic E-state index is 12.5. The molecule has 0 saturated heterocycles. The van der Waals surface area contributed by atoms with E-state index < -0.39 is 0 Å². The highest BCUT2D eigenvalue weighted by atomic mass is 16.5. The first-order chi connectivity index (χ1) is 12.6. The van der Waals surface area contributed by atoms with Crippen LogP contribution >= 0.6 is 0 Å². The number of carbonyl (C=O) groups excluding carboxylic acids is 1. The number of hydrogen-bond donors (Lipinski definition) is 1. The van der Waals surface area contributed by atoms with Gasteiger partial charge in [0, 0.05) is 19.2 Å². The van der Waals surface area contributed by atoms with E-state index >= 15 is 0 Å². The summed E-state index contributed by atoms with van der Waals surface area (Å²) in [5, 5.41) is 13.5. The molecule has 1 aromatic heterocycles. The number of nitrogens with zero attached hydrogens (tertiary/aromatic N) is 4. The second-order valence-electron chi connectivity index (χ2n) is 5.69. The minimum Gasteiger partial charge on any atom is -0.497 e. The van der Waals surface area contributed by atoms with Crippen LogP contribution in [0.15, 0.2) is 54.6 Å². The van der Waals surface area contributed by atoms with Crippen molar-refractivity contribution < 1.29 is 14.6 Å². The smallest absolute Gasteiger partial charge is 0.293 e. The number of aliphatic hydroxyl groups is 1. The molecule has 0 radical (unpaired) electrons. The van der Waals surface area contributed by atoms with Crippen LogP contribution in [0, 0.1) is 0 Å². The van der Waals surface area contributed by atoms with E-state index in [1.54, 1.807) is 18.8 Å². The summed E-state index contributed by atoms with van der Waals surface area (Å²) in [7, 11) is 3.20. The van der Waals surface area contributed by atoms with Gasteiger partial charge in [0.2, 0.25) is 5.82 Å². The molecular weight excluding hydrogens is 332 g/mol. The molecule has 0 bridgehead atoms. The van der Waals surface area contributed by atoms with E-state index in [0.717, 1.165) is 11.3 Å². The molecule has 7 nitrogen and oxygen atoms in total. The van der Waals surface area contributed by atoms with E-state index in [1.807, 2.05) is 54.6 Å². The zero-order valence-corrected chi connectivity index (χ0v) is 14.7. The fourth-order valence-corrected chi connectivity index (χ4v) is 2.52. The molecule has 26 heavy (non-hydrogen) atoms. The molecule has 0 fully saturated rings. The Balaban J connectivity index is 2.10. The molecule has 0 atom stereocenters. The minimum absolute atomic E-state index is 0.0719. The fraction of sp³-hybridized carbons (Fsp3) is 0.211. The van der Waals surface area contributed by atoms with Crippen molar-refractivity contribution >= 4 is 5.91 Å². The van der Waals surface area contributed by atoms with Crippen LogP contribution in [-0.2, 0) is 0 Å². The number of carbonyl (C=O) groups is 1. The lowest BCUT2D eigenvalue weighted by atomic mass is 10.2. The van der Waals surface area contributed by atoms with E-state index in [-0.39, 0.29) is 24.9 Å². The van der Waals surface area contributed by atoms with Crippen LogP contribution in [-0.4, -0.2) is 58.0 Å². The Hall–Kier alpha value is -3.19. The zero-order valence-electron chi connectivity index (χ0n) is 14.7. The maximum Gasteiger partial charge on any atom is 0.293 e. The second-order valence-corrected chi connectivity index (χ2v) is 5.69. The van der Waals surface area contributed by atoms with Gasteiger partial charge >= 0.3 is 0 Å². The van der Waals surface area contributed by atoms with Crippen molar-refractivity contribution in [3.05, 3.63) is 60.4 Å². The first-order valence-corrected chi connectivity index (χ1v) is 8.17. The van der Waals surface area contributed by atoms with Gasteiger partial charge in [-0.15, -0.1) is 5.10 Å². The Morgan fingerprint density at radius 3 is 2.65 bits per heavy atom.